The molecule has 1 aromatic carbocycles. The number of ether oxygens (including phenoxy) is 3. The predicted octanol–water partition coefficient (Wildman–Crippen LogP) is 2.99. The summed E-state index contributed by atoms with van der Waals surface area (Å²) in [6.07, 6.45) is 0.751. The number of benzene rings is 1. The van der Waals surface area contributed by atoms with Crippen LogP contribution in [0.3, 0.4) is 0 Å². The van der Waals surface area contributed by atoms with E-state index in [1.54, 1.807) is 14.0 Å². The van der Waals surface area contributed by atoms with E-state index in [-0.39, 0.29) is 18.8 Å². The lowest BCUT2D eigenvalue weighted by Crippen LogP contribution is -2.33. The highest BCUT2D eigenvalue weighted by molar-refractivity contribution is 5.13. The normalized spacial score (nSPS) is 14.6. The first kappa shape index (κ1) is 19.7. The molecule has 4 nitrogen and oxygen atoms in total. The van der Waals surface area contributed by atoms with E-state index < -0.39 is 6.10 Å². The second kappa shape index (κ2) is 12.1. The Morgan fingerprint density at radius 1 is 1.17 bits per heavy atom. The van der Waals surface area contributed by atoms with E-state index in [1.165, 1.54) is 5.56 Å². The van der Waals surface area contributed by atoms with Crippen LogP contribution in [0.2, 0.25) is 0 Å². The molecule has 1 aromatic rings. The fourth-order valence-electron chi connectivity index (χ4n) is 2.19. The Labute approximate surface area is 139 Å². The molecule has 4 heteroatoms. The SMILES string of the molecule is COCO[C@@H]([C@H](C)O)[C@H](C)C#CCCCOCc1ccccc1. The van der Waals surface area contributed by atoms with Gasteiger partial charge in [0.05, 0.1) is 18.8 Å². The summed E-state index contributed by atoms with van der Waals surface area (Å²) in [5.74, 6) is 6.22. The van der Waals surface area contributed by atoms with Gasteiger partial charge in [-0.1, -0.05) is 36.3 Å². The number of aliphatic hydroxyl groups excluding tert-OH is 1. The molecule has 0 unspecified atom stereocenters. The van der Waals surface area contributed by atoms with Crippen LogP contribution in [0.4, 0.5) is 0 Å². The van der Waals surface area contributed by atoms with Gasteiger partial charge in [-0.3, -0.25) is 0 Å². The van der Waals surface area contributed by atoms with Crippen molar-refractivity contribution < 1.29 is 19.3 Å². The van der Waals surface area contributed by atoms with Crippen molar-refractivity contribution in [2.75, 3.05) is 20.5 Å². The smallest absolute Gasteiger partial charge is 0.146 e. The van der Waals surface area contributed by atoms with Crippen molar-refractivity contribution in [2.24, 2.45) is 5.92 Å². The van der Waals surface area contributed by atoms with Crippen LogP contribution in [0.1, 0.15) is 32.3 Å². The maximum Gasteiger partial charge on any atom is 0.146 e. The third-order valence-electron chi connectivity index (χ3n) is 3.38. The molecule has 128 valence electrons. The van der Waals surface area contributed by atoms with Crippen molar-refractivity contribution in [1.82, 2.24) is 0 Å². The lowest BCUT2D eigenvalue weighted by Gasteiger charge is -2.22. The fourth-order valence-corrected chi connectivity index (χ4v) is 2.19. The summed E-state index contributed by atoms with van der Waals surface area (Å²) in [6.45, 7) is 5.15. The van der Waals surface area contributed by atoms with Crippen molar-refractivity contribution in [3.8, 4) is 11.8 Å². The highest BCUT2D eigenvalue weighted by Gasteiger charge is 2.21. The minimum absolute atomic E-state index is 0.0459. The molecule has 0 aliphatic carbocycles. The van der Waals surface area contributed by atoms with E-state index in [4.69, 9.17) is 14.2 Å². The van der Waals surface area contributed by atoms with Gasteiger partial charge in [-0.25, -0.2) is 0 Å². The number of hydrogen-bond acceptors (Lipinski definition) is 4. The highest BCUT2D eigenvalue weighted by Crippen LogP contribution is 2.11. The minimum atomic E-state index is -0.580. The van der Waals surface area contributed by atoms with Crippen LogP contribution in [0.25, 0.3) is 0 Å². The zero-order chi connectivity index (χ0) is 16.9. The van der Waals surface area contributed by atoms with E-state index in [1.807, 2.05) is 25.1 Å². The molecule has 0 bridgehead atoms. The number of aliphatic hydroxyl groups is 1. The monoisotopic (exact) mass is 320 g/mol. The molecule has 0 spiro atoms. The summed E-state index contributed by atoms with van der Waals surface area (Å²) in [5.41, 5.74) is 1.18. The first-order chi connectivity index (χ1) is 11.1. The van der Waals surface area contributed by atoms with E-state index in [0.29, 0.717) is 13.2 Å². The second-order valence-corrected chi connectivity index (χ2v) is 5.53. The lowest BCUT2D eigenvalue weighted by molar-refractivity contribution is -0.119. The van der Waals surface area contributed by atoms with Gasteiger partial charge in [-0.05, 0) is 25.8 Å². The standard InChI is InChI=1S/C19H28O4/c1-16(19(17(2)20)23-15-21-3)10-6-5-9-13-22-14-18-11-7-4-8-12-18/h4,7-8,11-12,16-17,19-20H,5,9,13-15H2,1-3H3/t16-,17+,19-/m1/s1. The van der Waals surface area contributed by atoms with E-state index in [0.717, 1.165) is 12.8 Å². The van der Waals surface area contributed by atoms with Gasteiger partial charge >= 0.3 is 0 Å². The lowest BCUT2D eigenvalue weighted by atomic mass is 10.0. The number of rotatable bonds is 10. The van der Waals surface area contributed by atoms with E-state index in [9.17, 15) is 5.11 Å². The molecule has 1 rings (SSSR count). The molecule has 3 atom stereocenters. The van der Waals surface area contributed by atoms with E-state index >= 15 is 0 Å². The maximum atomic E-state index is 9.72. The Bertz CT molecular complexity index is 461. The van der Waals surface area contributed by atoms with Gasteiger partial charge in [0.1, 0.15) is 6.79 Å². The van der Waals surface area contributed by atoms with Crippen LogP contribution >= 0.6 is 0 Å². The van der Waals surface area contributed by atoms with Crippen LogP contribution in [0.5, 0.6) is 0 Å². The van der Waals surface area contributed by atoms with Gasteiger partial charge in [0.25, 0.3) is 0 Å². The molecule has 0 aliphatic rings. The summed E-state index contributed by atoms with van der Waals surface area (Å²) < 4.78 is 16.0. The molecule has 0 heterocycles. The number of unbranched alkanes of at least 4 members (excludes halogenated alkanes) is 1. The predicted molar refractivity (Wildman–Crippen MR) is 90.7 cm³/mol. The van der Waals surface area contributed by atoms with Crippen LogP contribution in [0.15, 0.2) is 30.3 Å². The summed E-state index contributed by atoms with van der Waals surface area (Å²) >= 11 is 0. The molecule has 0 fully saturated rings. The van der Waals surface area contributed by atoms with Crippen LogP contribution in [0, 0.1) is 17.8 Å². The van der Waals surface area contributed by atoms with E-state index in [2.05, 4.69) is 24.0 Å². The highest BCUT2D eigenvalue weighted by atomic mass is 16.7. The molecule has 0 saturated heterocycles. The van der Waals surface area contributed by atoms with Crippen molar-refractivity contribution in [2.45, 2.75) is 45.5 Å². The molecule has 0 radical (unpaired) electrons. The van der Waals surface area contributed by atoms with Gasteiger partial charge in [-0.15, -0.1) is 5.92 Å². The molecule has 0 saturated carbocycles. The Morgan fingerprint density at radius 2 is 1.91 bits per heavy atom. The quantitative estimate of drug-likeness (QED) is 0.409. The Kier molecular flexibility index (Phi) is 10.3. The van der Waals surface area contributed by atoms with Crippen molar-refractivity contribution in [3.05, 3.63) is 35.9 Å². The molecule has 0 amide bonds. The summed E-state index contributed by atoms with van der Waals surface area (Å²) in [7, 11) is 1.56. The molecule has 1 N–H and O–H groups in total. The second-order valence-electron chi connectivity index (χ2n) is 5.53. The third kappa shape index (κ3) is 8.73. The zero-order valence-electron chi connectivity index (χ0n) is 14.3. The number of methoxy groups -OCH3 is 1. The fraction of sp³-hybridized carbons (Fsp3) is 0.579. The Hall–Kier alpha value is -1.38. The maximum absolute atomic E-state index is 9.72. The molecular weight excluding hydrogens is 292 g/mol. The first-order valence-corrected chi connectivity index (χ1v) is 8.03. The molecule has 0 aliphatic heterocycles. The van der Waals surface area contributed by atoms with Crippen LogP contribution in [-0.2, 0) is 20.8 Å². The van der Waals surface area contributed by atoms with Gasteiger partial charge in [0.15, 0.2) is 0 Å². The third-order valence-corrected chi connectivity index (χ3v) is 3.38. The van der Waals surface area contributed by atoms with Crippen molar-refractivity contribution in [3.63, 3.8) is 0 Å². The molecule has 23 heavy (non-hydrogen) atoms. The zero-order valence-corrected chi connectivity index (χ0v) is 14.3. The van der Waals surface area contributed by atoms with Gasteiger partial charge in [0, 0.05) is 26.1 Å². The van der Waals surface area contributed by atoms with Crippen molar-refractivity contribution >= 4 is 0 Å². The first-order valence-electron chi connectivity index (χ1n) is 8.03. The van der Waals surface area contributed by atoms with Gasteiger partial charge in [0.2, 0.25) is 0 Å². The van der Waals surface area contributed by atoms with Crippen molar-refractivity contribution in [1.29, 1.82) is 0 Å². The molecule has 0 aromatic heterocycles. The summed E-state index contributed by atoms with van der Waals surface area (Å²) in [4.78, 5) is 0. The van der Waals surface area contributed by atoms with Gasteiger partial charge in [-0.2, -0.15) is 0 Å². The summed E-state index contributed by atoms with van der Waals surface area (Å²) in [6, 6.07) is 10.1. The minimum Gasteiger partial charge on any atom is -0.391 e. The summed E-state index contributed by atoms with van der Waals surface area (Å²) in [5, 5.41) is 9.72. The Balaban J connectivity index is 2.20. The van der Waals surface area contributed by atoms with Crippen LogP contribution < -0.4 is 0 Å². The number of hydrogen-bond donors (Lipinski definition) is 1. The average Bonchev–Trinajstić information content (AvgIpc) is 2.55. The average molecular weight is 320 g/mol. The largest absolute Gasteiger partial charge is 0.391 e. The van der Waals surface area contributed by atoms with Gasteiger partial charge < -0.3 is 19.3 Å². The molecular formula is C19H28O4. The Morgan fingerprint density at radius 3 is 2.57 bits per heavy atom. The van der Waals surface area contributed by atoms with Crippen LogP contribution in [-0.4, -0.2) is 37.8 Å². The topological polar surface area (TPSA) is 47.9 Å².